The molecule has 0 aliphatic heterocycles. The monoisotopic (exact) mass is 304 g/mol. The molecule has 1 unspecified atom stereocenters. The first-order chi connectivity index (χ1) is 8.10. The van der Waals surface area contributed by atoms with Crippen molar-refractivity contribution in [3.05, 3.63) is 34.1 Å². The Kier molecular flexibility index (Phi) is 6.05. The minimum atomic E-state index is -0.260. The van der Waals surface area contributed by atoms with Gasteiger partial charge in [0.15, 0.2) is 0 Å². The number of methoxy groups -OCH3 is 1. The summed E-state index contributed by atoms with van der Waals surface area (Å²) in [7, 11) is 3.65. The molecule has 0 bridgehead atoms. The third kappa shape index (κ3) is 4.03. The van der Waals surface area contributed by atoms with Crippen molar-refractivity contribution < 1.29 is 9.13 Å². The van der Waals surface area contributed by atoms with E-state index in [1.54, 1.807) is 19.2 Å². The molecular weight excluding hydrogens is 287 g/mol. The van der Waals surface area contributed by atoms with Gasteiger partial charge in [-0.05, 0) is 40.7 Å². The zero-order valence-corrected chi connectivity index (χ0v) is 11.7. The van der Waals surface area contributed by atoms with Gasteiger partial charge in [-0.3, -0.25) is 4.90 Å². The van der Waals surface area contributed by atoms with E-state index < -0.39 is 0 Å². The van der Waals surface area contributed by atoms with Crippen LogP contribution in [0.25, 0.3) is 0 Å². The van der Waals surface area contributed by atoms with Crippen molar-refractivity contribution in [3.63, 3.8) is 0 Å². The number of hydrogen-bond acceptors (Lipinski definition) is 3. The highest BCUT2D eigenvalue weighted by molar-refractivity contribution is 9.10. The zero-order valence-electron chi connectivity index (χ0n) is 10.1. The third-order valence-corrected chi connectivity index (χ3v) is 3.34. The fourth-order valence-electron chi connectivity index (χ4n) is 1.68. The quantitative estimate of drug-likeness (QED) is 0.875. The second-order valence-corrected chi connectivity index (χ2v) is 4.75. The lowest BCUT2D eigenvalue weighted by atomic mass is 10.1. The van der Waals surface area contributed by atoms with Gasteiger partial charge < -0.3 is 10.5 Å². The molecule has 0 fully saturated rings. The molecular formula is C12H18BrFN2O. The number of rotatable bonds is 6. The number of nitrogens with two attached hydrogens (primary N) is 1. The first kappa shape index (κ1) is 14.6. The molecule has 0 saturated heterocycles. The molecule has 0 heterocycles. The number of halogens is 2. The predicted octanol–water partition coefficient (Wildman–Crippen LogP) is 2.17. The fourth-order valence-corrected chi connectivity index (χ4v) is 2.08. The first-order valence-electron chi connectivity index (χ1n) is 5.44. The molecule has 0 aliphatic carbocycles. The highest BCUT2D eigenvalue weighted by Gasteiger charge is 2.16. The lowest BCUT2D eigenvalue weighted by Crippen LogP contribution is -2.32. The highest BCUT2D eigenvalue weighted by Crippen LogP contribution is 2.23. The second kappa shape index (κ2) is 7.06. The lowest BCUT2D eigenvalue weighted by molar-refractivity contribution is 0.140. The fraction of sp³-hybridized carbons (Fsp3) is 0.500. The topological polar surface area (TPSA) is 38.5 Å². The molecule has 0 radical (unpaired) electrons. The maximum Gasteiger partial charge on any atom is 0.137 e. The van der Waals surface area contributed by atoms with Gasteiger partial charge in [0.2, 0.25) is 0 Å². The summed E-state index contributed by atoms with van der Waals surface area (Å²) in [6.07, 6.45) is 0. The van der Waals surface area contributed by atoms with E-state index in [4.69, 9.17) is 10.5 Å². The molecule has 5 heteroatoms. The van der Waals surface area contributed by atoms with Gasteiger partial charge in [0.25, 0.3) is 0 Å². The van der Waals surface area contributed by atoms with Crippen LogP contribution < -0.4 is 5.73 Å². The molecule has 1 aromatic carbocycles. The van der Waals surface area contributed by atoms with Gasteiger partial charge in [-0.2, -0.15) is 0 Å². The van der Waals surface area contributed by atoms with E-state index in [1.807, 2.05) is 7.05 Å². The van der Waals surface area contributed by atoms with Gasteiger partial charge in [-0.1, -0.05) is 6.07 Å². The summed E-state index contributed by atoms with van der Waals surface area (Å²) in [5, 5.41) is 0. The molecule has 0 aliphatic rings. The Hall–Kier alpha value is -0.490. The SMILES string of the molecule is COCCN(C)C(CN)c1ccc(F)c(Br)c1. The minimum absolute atomic E-state index is 0.0713. The average molecular weight is 305 g/mol. The van der Waals surface area contributed by atoms with E-state index in [2.05, 4.69) is 20.8 Å². The van der Waals surface area contributed by atoms with E-state index >= 15 is 0 Å². The van der Waals surface area contributed by atoms with Crippen molar-refractivity contribution in [2.24, 2.45) is 5.73 Å². The van der Waals surface area contributed by atoms with Crippen LogP contribution in [-0.4, -0.2) is 38.8 Å². The van der Waals surface area contributed by atoms with Crippen molar-refractivity contribution in [2.75, 3.05) is 33.9 Å². The van der Waals surface area contributed by atoms with Crippen molar-refractivity contribution >= 4 is 15.9 Å². The number of nitrogens with zero attached hydrogens (tertiary/aromatic N) is 1. The standard InChI is InChI=1S/C12H18BrFN2O/c1-16(5-6-17-2)12(8-15)9-3-4-11(14)10(13)7-9/h3-4,7,12H,5-6,8,15H2,1-2H3. The van der Waals surface area contributed by atoms with Crippen LogP contribution >= 0.6 is 15.9 Å². The van der Waals surface area contributed by atoms with Gasteiger partial charge in [0, 0.05) is 26.2 Å². The number of benzene rings is 1. The van der Waals surface area contributed by atoms with Gasteiger partial charge in [0.1, 0.15) is 5.82 Å². The Morgan fingerprint density at radius 1 is 1.53 bits per heavy atom. The van der Waals surface area contributed by atoms with Gasteiger partial charge in [-0.15, -0.1) is 0 Å². The average Bonchev–Trinajstić information content (AvgIpc) is 2.32. The molecule has 3 nitrogen and oxygen atoms in total. The smallest absolute Gasteiger partial charge is 0.137 e. The summed E-state index contributed by atoms with van der Waals surface area (Å²) in [6.45, 7) is 1.92. The predicted molar refractivity (Wildman–Crippen MR) is 70.4 cm³/mol. The van der Waals surface area contributed by atoms with Crippen LogP contribution in [0.5, 0.6) is 0 Å². The van der Waals surface area contributed by atoms with E-state index in [9.17, 15) is 4.39 Å². The largest absolute Gasteiger partial charge is 0.383 e. The molecule has 17 heavy (non-hydrogen) atoms. The summed E-state index contributed by atoms with van der Waals surface area (Å²) in [4.78, 5) is 2.10. The lowest BCUT2D eigenvalue weighted by Gasteiger charge is -2.27. The number of hydrogen-bond donors (Lipinski definition) is 1. The van der Waals surface area contributed by atoms with Crippen LogP contribution in [0.3, 0.4) is 0 Å². The van der Waals surface area contributed by atoms with Crippen LogP contribution in [0.1, 0.15) is 11.6 Å². The second-order valence-electron chi connectivity index (χ2n) is 3.90. The third-order valence-electron chi connectivity index (χ3n) is 2.73. The van der Waals surface area contributed by atoms with E-state index in [-0.39, 0.29) is 11.9 Å². The van der Waals surface area contributed by atoms with Gasteiger partial charge in [-0.25, -0.2) is 4.39 Å². The summed E-state index contributed by atoms with van der Waals surface area (Å²) >= 11 is 3.19. The van der Waals surface area contributed by atoms with Crippen LogP contribution in [0.2, 0.25) is 0 Å². The Bertz CT molecular complexity index is 362. The summed E-state index contributed by atoms with van der Waals surface area (Å²) in [5.74, 6) is -0.260. The van der Waals surface area contributed by atoms with Crippen molar-refractivity contribution in [1.82, 2.24) is 4.90 Å². The van der Waals surface area contributed by atoms with Gasteiger partial charge >= 0.3 is 0 Å². The molecule has 0 spiro atoms. The molecule has 0 amide bonds. The maximum absolute atomic E-state index is 13.2. The van der Waals surface area contributed by atoms with Crippen LogP contribution in [-0.2, 0) is 4.74 Å². The van der Waals surface area contributed by atoms with Crippen molar-refractivity contribution in [2.45, 2.75) is 6.04 Å². The zero-order chi connectivity index (χ0) is 12.8. The maximum atomic E-state index is 13.2. The number of likely N-dealkylation sites (N-methyl/N-ethyl adjacent to an activating group) is 1. The Morgan fingerprint density at radius 2 is 2.24 bits per heavy atom. The Labute approximate surface area is 110 Å². The first-order valence-corrected chi connectivity index (χ1v) is 6.23. The van der Waals surface area contributed by atoms with Crippen molar-refractivity contribution in [3.8, 4) is 0 Å². The summed E-state index contributed by atoms with van der Waals surface area (Å²) in [5.41, 5.74) is 6.77. The van der Waals surface area contributed by atoms with Crippen molar-refractivity contribution in [1.29, 1.82) is 0 Å². The van der Waals surface area contributed by atoms with Crippen LogP contribution in [0.15, 0.2) is 22.7 Å². The van der Waals surface area contributed by atoms with Crippen LogP contribution in [0, 0.1) is 5.82 Å². The minimum Gasteiger partial charge on any atom is -0.383 e. The molecule has 2 N–H and O–H groups in total. The molecule has 1 rings (SSSR count). The Morgan fingerprint density at radius 3 is 2.76 bits per heavy atom. The van der Waals surface area contributed by atoms with E-state index in [1.165, 1.54) is 6.07 Å². The Balaban J connectivity index is 2.81. The molecule has 0 saturated carbocycles. The summed E-state index contributed by atoms with van der Waals surface area (Å²) in [6, 6.07) is 5.06. The van der Waals surface area contributed by atoms with Crippen LogP contribution in [0.4, 0.5) is 4.39 Å². The molecule has 96 valence electrons. The highest BCUT2D eigenvalue weighted by atomic mass is 79.9. The number of ether oxygens (including phenoxy) is 1. The van der Waals surface area contributed by atoms with E-state index in [0.29, 0.717) is 17.6 Å². The molecule has 1 aromatic rings. The normalized spacial score (nSPS) is 13.1. The molecule has 0 aromatic heterocycles. The molecule has 1 atom stereocenters. The van der Waals surface area contributed by atoms with Gasteiger partial charge in [0.05, 0.1) is 11.1 Å². The summed E-state index contributed by atoms with van der Waals surface area (Å²) < 4.78 is 18.7. The van der Waals surface area contributed by atoms with E-state index in [0.717, 1.165) is 12.1 Å².